The molecule has 0 radical (unpaired) electrons. The van der Waals surface area contributed by atoms with Crippen molar-refractivity contribution < 1.29 is 23.5 Å². The molecule has 3 aromatic carbocycles. The van der Waals surface area contributed by atoms with Gasteiger partial charge in [0.25, 0.3) is 5.91 Å². The summed E-state index contributed by atoms with van der Waals surface area (Å²) in [7, 11) is 1.53. The lowest BCUT2D eigenvalue weighted by Crippen LogP contribution is -2.30. The van der Waals surface area contributed by atoms with E-state index >= 15 is 0 Å². The molecule has 6 nitrogen and oxygen atoms in total. The van der Waals surface area contributed by atoms with Crippen LogP contribution in [0.2, 0.25) is 0 Å². The SMILES string of the molecule is COc1cc2c(cc1NC(=O)[C@H](C)OC(=O)c1ccc(C)cc1)oc1ccccc12. The highest BCUT2D eigenvalue weighted by atomic mass is 16.5. The summed E-state index contributed by atoms with van der Waals surface area (Å²) >= 11 is 0. The fourth-order valence-corrected chi connectivity index (χ4v) is 3.22. The Morgan fingerprint density at radius 3 is 2.43 bits per heavy atom. The highest BCUT2D eigenvalue weighted by Gasteiger charge is 2.21. The number of ether oxygens (including phenoxy) is 2. The van der Waals surface area contributed by atoms with Gasteiger partial charge in [-0.3, -0.25) is 4.79 Å². The van der Waals surface area contributed by atoms with Crippen LogP contribution in [-0.2, 0) is 9.53 Å². The summed E-state index contributed by atoms with van der Waals surface area (Å²) in [6.45, 7) is 3.45. The minimum absolute atomic E-state index is 0.390. The molecule has 1 amide bonds. The zero-order chi connectivity index (χ0) is 21.3. The molecular weight excluding hydrogens is 382 g/mol. The van der Waals surface area contributed by atoms with E-state index < -0.39 is 18.0 Å². The number of hydrogen-bond acceptors (Lipinski definition) is 5. The zero-order valence-corrected chi connectivity index (χ0v) is 16.9. The molecule has 4 aromatic rings. The minimum atomic E-state index is -0.991. The van der Waals surface area contributed by atoms with Gasteiger partial charge in [-0.15, -0.1) is 0 Å². The number of fused-ring (bicyclic) bond motifs is 3. The summed E-state index contributed by atoms with van der Waals surface area (Å²) in [5.41, 5.74) is 3.23. The van der Waals surface area contributed by atoms with Crippen LogP contribution in [0.3, 0.4) is 0 Å². The quantitative estimate of drug-likeness (QED) is 0.470. The smallest absolute Gasteiger partial charge is 0.338 e. The van der Waals surface area contributed by atoms with E-state index in [4.69, 9.17) is 13.9 Å². The number of nitrogens with one attached hydrogen (secondary N) is 1. The first-order valence-electron chi connectivity index (χ1n) is 9.54. The molecule has 0 saturated heterocycles. The van der Waals surface area contributed by atoms with Crippen LogP contribution in [0.4, 0.5) is 5.69 Å². The van der Waals surface area contributed by atoms with Crippen LogP contribution < -0.4 is 10.1 Å². The molecule has 0 aliphatic rings. The number of carbonyl (C=O) groups is 2. The molecule has 30 heavy (non-hydrogen) atoms. The Balaban J connectivity index is 1.55. The summed E-state index contributed by atoms with van der Waals surface area (Å²) < 4.78 is 16.6. The number of hydrogen-bond donors (Lipinski definition) is 1. The van der Waals surface area contributed by atoms with E-state index in [1.807, 2.05) is 49.4 Å². The van der Waals surface area contributed by atoms with E-state index in [1.54, 1.807) is 18.2 Å². The van der Waals surface area contributed by atoms with Gasteiger partial charge in [0.05, 0.1) is 18.4 Å². The lowest BCUT2D eigenvalue weighted by molar-refractivity contribution is -0.123. The zero-order valence-electron chi connectivity index (χ0n) is 16.9. The number of carbonyl (C=O) groups excluding carboxylic acids is 2. The molecule has 0 spiro atoms. The van der Waals surface area contributed by atoms with Crippen LogP contribution >= 0.6 is 0 Å². The fraction of sp³-hybridized carbons (Fsp3) is 0.167. The molecule has 4 rings (SSSR count). The molecule has 1 N–H and O–H groups in total. The van der Waals surface area contributed by atoms with Gasteiger partial charge in [-0.25, -0.2) is 4.79 Å². The Morgan fingerprint density at radius 1 is 0.967 bits per heavy atom. The van der Waals surface area contributed by atoms with Crippen molar-refractivity contribution in [2.24, 2.45) is 0 Å². The second-order valence-corrected chi connectivity index (χ2v) is 7.05. The average molecular weight is 403 g/mol. The maximum atomic E-state index is 12.6. The van der Waals surface area contributed by atoms with E-state index in [-0.39, 0.29) is 0 Å². The molecule has 0 saturated carbocycles. The standard InChI is InChI=1S/C24H21NO5/c1-14-8-10-16(11-9-14)24(27)29-15(2)23(26)25-19-13-21-18(12-22(19)28-3)17-6-4-5-7-20(17)30-21/h4-13,15H,1-3H3,(H,25,26)/t15-/m0/s1. The number of amides is 1. The number of methoxy groups -OCH3 is 1. The highest BCUT2D eigenvalue weighted by Crippen LogP contribution is 2.36. The van der Waals surface area contributed by atoms with E-state index in [0.717, 1.165) is 21.9 Å². The molecule has 6 heteroatoms. The van der Waals surface area contributed by atoms with Gasteiger partial charge < -0.3 is 19.2 Å². The van der Waals surface area contributed by atoms with Crippen molar-refractivity contribution in [2.75, 3.05) is 12.4 Å². The van der Waals surface area contributed by atoms with Crippen LogP contribution in [0, 0.1) is 6.92 Å². The first kappa shape index (κ1) is 19.5. The first-order valence-corrected chi connectivity index (χ1v) is 9.54. The minimum Gasteiger partial charge on any atom is -0.495 e. The molecule has 152 valence electrons. The molecule has 0 aliphatic heterocycles. The predicted octanol–water partition coefficient (Wildman–Crippen LogP) is 5.09. The van der Waals surface area contributed by atoms with Gasteiger partial charge in [-0.2, -0.15) is 0 Å². The Morgan fingerprint density at radius 2 is 1.70 bits per heavy atom. The van der Waals surface area contributed by atoms with Crippen molar-refractivity contribution in [3.63, 3.8) is 0 Å². The van der Waals surface area contributed by atoms with Crippen LogP contribution in [0.5, 0.6) is 5.75 Å². The van der Waals surface area contributed by atoms with Crippen molar-refractivity contribution in [3.05, 3.63) is 71.8 Å². The van der Waals surface area contributed by atoms with Gasteiger partial charge in [0, 0.05) is 16.8 Å². The Bertz CT molecular complexity index is 1240. The lowest BCUT2D eigenvalue weighted by Gasteiger charge is -2.15. The molecule has 0 unspecified atom stereocenters. The Kier molecular flexibility index (Phi) is 5.14. The monoisotopic (exact) mass is 403 g/mol. The third-order valence-corrected chi connectivity index (χ3v) is 4.90. The van der Waals surface area contributed by atoms with E-state index in [0.29, 0.717) is 22.6 Å². The second kappa shape index (κ2) is 7.91. The summed E-state index contributed by atoms with van der Waals surface area (Å²) in [5.74, 6) is -0.541. The van der Waals surface area contributed by atoms with E-state index in [9.17, 15) is 9.59 Å². The Labute approximate surface area is 173 Å². The Hall–Kier alpha value is -3.80. The van der Waals surface area contributed by atoms with Crippen LogP contribution in [-0.4, -0.2) is 25.1 Å². The molecule has 0 bridgehead atoms. The van der Waals surface area contributed by atoms with E-state index in [2.05, 4.69) is 5.32 Å². The van der Waals surface area contributed by atoms with Crippen molar-refractivity contribution in [2.45, 2.75) is 20.0 Å². The lowest BCUT2D eigenvalue weighted by atomic mass is 10.1. The maximum Gasteiger partial charge on any atom is 0.338 e. The van der Waals surface area contributed by atoms with Crippen molar-refractivity contribution >= 4 is 39.5 Å². The summed E-state index contributed by atoms with van der Waals surface area (Å²) in [4.78, 5) is 24.9. The summed E-state index contributed by atoms with van der Waals surface area (Å²) in [6.07, 6.45) is -0.991. The van der Waals surface area contributed by atoms with Crippen molar-refractivity contribution in [1.29, 1.82) is 0 Å². The topological polar surface area (TPSA) is 77.8 Å². The largest absolute Gasteiger partial charge is 0.495 e. The molecular formula is C24H21NO5. The first-order chi connectivity index (χ1) is 14.5. The summed E-state index contributed by atoms with van der Waals surface area (Å²) in [6, 6.07) is 18.2. The average Bonchev–Trinajstić information content (AvgIpc) is 3.10. The number of rotatable bonds is 5. The van der Waals surface area contributed by atoms with Gasteiger partial charge in [0.15, 0.2) is 6.10 Å². The van der Waals surface area contributed by atoms with Gasteiger partial charge in [0.1, 0.15) is 16.9 Å². The van der Waals surface area contributed by atoms with Gasteiger partial charge in [-0.1, -0.05) is 35.9 Å². The number of benzene rings is 3. The number of furan rings is 1. The molecule has 1 aromatic heterocycles. The predicted molar refractivity (Wildman–Crippen MR) is 115 cm³/mol. The summed E-state index contributed by atoms with van der Waals surface area (Å²) in [5, 5.41) is 4.61. The molecule has 1 heterocycles. The van der Waals surface area contributed by atoms with Crippen LogP contribution in [0.25, 0.3) is 21.9 Å². The molecule has 0 aliphatic carbocycles. The normalized spacial score (nSPS) is 12.0. The highest BCUT2D eigenvalue weighted by molar-refractivity contribution is 6.08. The third-order valence-electron chi connectivity index (χ3n) is 4.90. The number of aryl methyl sites for hydroxylation is 1. The third kappa shape index (κ3) is 3.72. The van der Waals surface area contributed by atoms with Gasteiger partial charge >= 0.3 is 5.97 Å². The van der Waals surface area contributed by atoms with Crippen LogP contribution in [0.15, 0.2) is 65.1 Å². The van der Waals surface area contributed by atoms with Gasteiger partial charge in [0.2, 0.25) is 0 Å². The van der Waals surface area contributed by atoms with Crippen molar-refractivity contribution in [3.8, 4) is 5.75 Å². The number of anilines is 1. The number of esters is 1. The van der Waals surface area contributed by atoms with Gasteiger partial charge in [-0.05, 0) is 38.1 Å². The van der Waals surface area contributed by atoms with Crippen LogP contribution in [0.1, 0.15) is 22.8 Å². The number of para-hydroxylation sites is 1. The van der Waals surface area contributed by atoms with Crippen molar-refractivity contribution in [1.82, 2.24) is 0 Å². The molecule has 0 fully saturated rings. The molecule has 1 atom stereocenters. The fourth-order valence-electron chi connectivity index (χ4n) is 3.22. The second-order valence-electron chi connectivity index (χ2n) is 7.05. The maximum absolute atomic E-state index is 12.6. The van der Waals surface area contributed by atoms with E-state index in [1.165, 1.54) is 14.0 Å².